The maximum absolute atomic E-state index is 13.2. The molecule has 2 heterocycles. The summed E-state index contributed by atoms with van der Waals surface area (Å²) in [7, 11) is 3.25. The van der Waals surface area contributed by atoms with Gasteiger partial charge in [0.1, 0.15) is 17.1 Å². The van der Waals surface area contributed by atoms with Crippen LogP contribution in [-0.4, -0.2) is 40.4 Å². The fraction of sp³-hybridized carbons (Fsp3) is 0.200. The minimum absolute atomic E-state index is 0.177. The van der Waals surface area contributed by atoms with Gasteiger partial charge >= 0.3 is 0 Å². The number of fused-ring (bicyclic) bond motifs is 1. The van der Waals surface area contributed by atoms with E-state index in [1.165, 1.54) is 29.3 Å². The van der Waals surface area contributed by atoms with E-state index in [4.69, 9.17) is 4.74 Å². The second-order valence-electron chi connectivity index (χ2n) is 7.81. The fourth-order valence-electron chi connectivity index (χ4n) is 3.67. The Morgan fingerprint density at radius 2 is 1.82 bits per heavy atom. The predicted octanol–water partition coefficient (Wildman–Crippen LogP) is 3.69. The maximum Gasteiger partial charge on any atom is 0.264 e. The lowest BCUT2D eigenvalue weighted by atomic mass is 10.2. The Kier molecular flexibility index (Phi) is 6.74. The van der Waals surface area contributed by atoms with Crippen molar-refractivity contribution < 1.29 is 14.3 Å². The first kappa shape index (κ1) is 23.2. The van der Waals surface area contributed by atoms with E-state index in [2.05, 4.69) is 10.3 Å². The van der Waals surface area contributed by atoms with Crippen molar-refractivity contribution in [2.24, 2.45) is 0 Å². The molecule has 8 nitrogen and oxygen atoms in total. The van der Waals surface area contributed by atoms with Gasteiger partial charge in [-0.1, -0.05) is 42.5 Å². The van der Waals surface area contributed by atoms with Gasteiger partial charge in [0.05, 0.1) is 29.4 Å². The molecule has 0 atom stereocenters. The lowest BCUT2D eigenvalue weighted by molar-refractivity contribution is -0.116. The molecular formula is C25H24N4O4S. The van der Waals surface area contributed by atoms with Crippen LogP contribution in [0, 0.1) is 6.92 Å². The zero-order chi connectivity index (χ0) is 24.2. The van der Waals surface area contributed by atoms with E-state index < -0.39 is 0 Å². The first-order valence-corrected chi connectivity index (χ1v) is 11.4. The van der Waals surface area contributed by atoms with Crippen LogP contribution in [0.2, 0.25) is 0 Å². The number of nitrogens with zero attached hydrogens (tertiary/aromatic N) is 3. The van der Waals surface area contributed by atoms with E-state index >= 15 is 0 Å². The number of aryl methyl sites for hydroxylation is 1. The lowest BCUT2D eigenvalue weighted by Gasteiger charge is -2.16. The molecule has 0 spiro atoms. The number of amides is 2. The number of carbonyl (C=O) groups excluding carboxylic acids is 2. The third-order valence-corrected chi connectivity index (χ3v) is 6.60. The summed E-state index contributed by atoms with van der Waals surface area (Å²) >= 11 is 1.19. The van der Waals surface area contributed by atoms with E-state index in [1.807, 2.05) is 30.3 Å². The molecule has 0 aliphatic carbocycles. The van der Waals surface area contributed by atoms with Crippen LogP contribution >= 0.6 is 11.3 Å². The standard InChI is InChI=1S/C25H24N4O4S/c1-16-21-23(34-22(16)25(32)28(2)13-17-9-5-4-6-10-17)26-15-29(24(21)31)14-20(30)27-18-11-7-8-12-19(18)33-3/h4-12,15H,13-14H2,1-3H3,(H,27,30). The second kappa shape index (κ2) is 9.88. The molecule has 0 fully saturated rings. The molecule has 9 heteroatoms. The molecule has 174 valence electrons. The largest absolute Gasteiger partial charge is 0.495 e. The number of rotatable bonds is 7. The van der Waals surface area contributed by atoms with Gasteiger partial charge in [-0.15, -0.1) is 11.3 Å². The monoisotopic (exact) mass is 476 g/mol. The van der Waals surface area contributed by atoms with E-state index in [9.17, 15) is 14.4 Å². The number of benzene rings is 2. The van der Waals surface area contributed by atoms with Gasteiger partial charge < -0.3 is 15.0 Å². The number of para-hydroxylation sites is 2. The summed E-state index contributed by atoms with van der Waals surface area (Å²) in [6.07, 6.45) is 1.34. The van der Waals surface area contributed by atoms with Crippen LogP contribution in [0.25, 0.3) is 10.2 Å². The first-order valence-electron chi connectivity index (χ1n) is 10.6. The van der Waals surface area contributed by atoms with Crippen molar-refractivity contribution in [1.29, 1.82) is 0 Å². The van der Waals surface area contributed by atoms with Crippen LogP contribution in [0.5, 0.6) is 5.75 Å². The van der Waals surface area contributed by atoms with Gasteiger partial charge in [-0.3, -0.25) is 19.0 Å². The van der Waals surface area contributed by atoms with Gasteiger partial charge in [-0.05, 0) is 30.2 Å². The fourth-order valence-corrected chi connectivity index (χ4v) is 4.80. The number of thiophene rings is 1. The number of methoxy groups -OCH3 is 1. The molecule has 0 saturated carbocycles. The molecule has 2 aromatic carbocycles. The molecule has 2 amide bonds. The number of hydrogen-bond donors (Lipinski definition) is 1. The Morgan fingerprint density at radius 3 is 2.56 bits per heavy atom. The second-order valence-corrected chi connectivity index (χ2v) is 8.81. The molecular weight excluding hydrogens is 452 g/mol. The number of carbonyl (C=O) groups is 2. The smallest absolute Gasteiger partial charge is 0.264 e. The van der Waals surface area contributed by atoms with Gasteiger partial charge in [0.15, 0.2) is 0 Å². The summed E-state index contributed by atoms with van der Waals surface area (Å²) in [5.74, 6) is -0.0445. The lowest BCUT2D eigenvalue weighted by Crippen LogP contribution is -2.28. The van der Waals surface area contributed by atoms with Crippen LogP contribution in [0.1, 0.15) is 20.8 Å². The molecule has 0 aliphatic heterocycles. The molecule has 0 bridgehead atoms. The summed E-state index contributed by atoms with van der Waals surface area (Å²) in [4.78, 5) is 45.8. The van der Waals surface area contributed by atoms with Crippen LogP contribution in [0.15, 0.2) is 65.7 Å². The maximum atomic E-state index is 13.2. The van der Waals surface area contributed by atoms with Crippen LogP contribution in [-0.2, 0) is 17.9 Å². The Morgan fingerprint density at radius 1 is 1.12 bits per heavy atom. The molecule has 0 saturated heterocycles. The SMILES string of the molecule is COc1ccccc1NC(=O)Cn1cnc2sc(C(=O)N(C)Cc3ccccc3)c(C)c2c1=O. The Bertz CT molecular complexity index is 1410. The van der Waals surface area contributed by atoms with Crippen LogP contribution in [0.4, 0.5) is 5.69 Å². The normalized spacial score (nSPS) is 10.8. The first-order chi connectivity index (χ1) is 16.4. The highest BCUT2D eigenvalue weighted by Crippen LogP contribution is 2.28. The van der Waals surface area contributed by atoms with E-state index in [1.54, 1.807) is 43.1 Å². The van der Waals surface area contributed by atoms with Crippen LogP contribution < -0.4 is 15.6 Å². The number of anilines is 1. The molecule has 34 heavy (non-hydrogen) atoms. The number of hydrogen-bond acceptors (Lipinski definition) is 6. The number of aromatic nitrogens is 2. The van der Waals surface area contributed by atoms with Gasteiger partial charge in [-0.25, -0.2) is 4.98 Å². The van der Waals surface area contributed by atoms with E-state index in [0.29, 0.717) is 38.6 Å². The van der Waals surface area contributed by atoms with E-state index in [0.717, 1.165) is 5.56 Å². The third kappa shape index (κ3) is 4.69. The molecule has 4 aromatic rings. The van der Waals surface area contributed by atoms with Gasteiger partial charge in [0.25, 0.3) is 11.5 Å². The molecule has 2 aromatic heterocycles. The third-order valence-electron chi connectivity index (χ3n) is 5.42. The zero-order valence-corrected chi connectivity index (χ0v) is 19.9. The summed E-state index contributed by atoms with van der Waals surface area (Å²) in [5, 5.41) is 3.11. The van der Waals surface area contributed by atoms with Gasteiger partial charge in [-0.2, -0.15) is 0 Å². The molecule has 0 unspecified atom stereocenters. The van der Waals surface area contributed by atoms with Crippen molar-refractivity contribution in [2.75, 3.05) is 19.5 Å². The van der Waals surface area contributed by atoms with Crippen molar-refractivity contribution in [3.05, 3.63) is 87.3 Å². The summed E-state index contributed by atoms with van der Waals surface area (Å²) in [5.41, 5.74) is 1.73. The van der Waals surface area contributed by atoms with Crippen LogP contribution in [0.3, 0.4) is 0 Å². The topological polar surface area (TPSA) is 93.5 Å². The van der Waals surface area contributed by atoms with Crippen molar-refractivity contribution >= 4 is 39.1 Å². The Balaban J connectivity index is 1.57. The quantitative estimate of drug-likeness (QED) is 0.439. The molecule has 0 radical (unpaired) electrons. The van der Waals surface area contributed by atoms with Gasteiger partial charge in [0, 0.05) is 13.6 Å². The highest BCUT2D eigenvalue weighted by atomic mass is 32.1. The Labute approximate surface area is 200 Å². The van der Waals surface area contributed by atoms with Crippen molar-refractivity contribution in [3.63, 3.8) is 0 Å². The average Bonchev–Trinajstić information content (AvgIpc) is 3.18. The molecule has 1 N–H and O–H groups in total. The summed E-state index contributed by atoms with van der Waals surface area (Å²) in [6, 6.07) is 16.7. The molecule has 0 aliphatic rings. The summed E-state index contributed by atoms with van der Waals surface area (Å²) in [6.45, 7) is 1.98. The Hall–Kier alpha value is -3.98. The van der Waals surface area contributed by atoms with Crippen molar-refractivity contribution in [1.82, 2.24) is 14.5 Å². The highest BCUT2D eigenvalue weighted by molar-refractivity contribution is 7.20. The minimum Gasteiger partial charge on any atom is -0.495 e. The number of nitrogens with one attached hydrogen (secondary N) is 1. The van der Waals surface area contributed by atoms with Crippen molar-refractivity contribution in [2.45, 2.75) is 20.0 Å². The summed E-state index contributed by atoms with van der Waals surface area (Å²) < 4.78 is 6.49. The zero-order valence-electron chi connectivity index (χ0n) is 19.1. The average molecular weight is 477 g/mol. The highest BCUT2D eigenvalue weighted by Gasteiger charge is 2.22. The predicted molar refractivity (Wildman–Crippen MR) is 132 cm³/mol. The van der Waals surface area contributed by atoms with Crippen molar-refractivity contribution in [3.8, 4) is 5.75 Å². The van der Waals surface area contributed by atoms with Gasteiger partial charge in [0.2, 0.25) is 5.91 Å². The number of ether oxygens (including phenoxy) is 1. The van der Waals surface area contributed by atoms with E-state index in [-0.39, 0.29) is 23.9 Å². The molecule has 4 rings (SSSR count). The minimum atomic E-state index is -0.389.